The van der Waals surface area contributed by atoms with Gasteiger partial charge in [0.1, 0.15) is 5.82 Å². The smallest absolute Gasteiger partial charge is 0.321 e. The molecule has 29 heavy (non-hydrogen) atoms. The van der Waals surface area contributed by atoms with Crippen molar-refractivity contribution in [2.24, 2.45) is 0 Å². The predicted octanol–water partition coefficient (Wildman–Crippen LogP) is 1.55. The summed E-state index contributed by atoms with van der Waals surface area (Å²) in [6, 6.07) is 3.21. The van der Waals surface area contributed by atoms with Crippen LogP contribution in [0.1, 0.15) is 23.0 Å². The van der Waals surface area contributed by atoms with E-state index >= 15 is 0 Å². The number of urea groups is 1. The van der Waals surface area contributed by atoms with Crippen molar-refractivity contribution in [3.05, 3.63) is 40.9 Å². The molecule has 0 bridgehead atoms. The summed E-state index contributed by atoms with van der Waals surface area (Å²) in [6.07, 6.45) is 2.17. The number of sulfone groups is 1. The molecule has 2 N–H and O–H groups in total. The fourth-order valence-electron chi connectivity index (χ4n) is 2.93. The van der Waals surface area contributed by atoms with E-state index in [2.05, 4.69) is 27.4 Å². The Kier molecular flexibility index (Phi) is 7.09. The van der Waals surface area contributed by atoms with Crippen LogP contribution in [0, 0.1) is 0 Å². The lowest BCUT2D eigenvalue weighted by atomic mass is 10.1. The van der Waals surface area contributed by atoms with Gasteiger partial charge < -0.3 is 9.88 Å². The fraction of sp³-hybridized carbons (Fsp3) is 0.412. The van der Waals surface area contributed by atoms with Gasteiger partial charge in [-0.05, 0) is 17.9 Å². The zero-order valence-electron chi connectivity index (χ0n) is 15.5. The highest BCUT2D eigenvalue weighted by Gasteiger charge is 2.33. The van der Waals surface area contributed by atoms with Crippen LogP contribution in [0.5, 0.6) is 0 Å². The predicted molar refractivity (Wildman–Crippen MR) is 112 cm³/mol. The minimum atomic E-state index is -3.05. The molecule has 1 atom stereocenters. The van der Waals surface area contributed by atoms with Crippen molar-refractivity contribution in [1.29, 1.82) is 0 Å². The molecule has 0 spiro atoms. The first-order valence-electron chi connectivity index (χ1n) is 8.85. The number of hydrogen-bond acceptors (Lipinski definition) is 8. The molecule has 3 heterocycles. The van der Waals surface area contributed by atoms with Gasteiger partial charge in [0, 0.05) is 17.3 Å². The monoisotopic (exact) mass is 455 g/mol. The number of carbonyl (C=O) groups is 2. The van der Waals surface area contributed by atoms with Crippen molar-refractivity contribution in [3.8, 4) is 0 Å². The molecule has 1 fully saturated rings. The number of imide groups is 1. The first-order chi connectivity index (χ1) is 13.9. The summed E-state index contributed by atoms with van der Waals surface area (Å²) < 4.78 is 25.3. The second-order valence-corrected chi connectivity index (χ2v) is 10.6. The summed E-state index contributed by atoms with van der Waals surface area (Å²) >= 11 is 2.65. The van der Waals surface area contributed by atoms with Crippen LogP contribution >= 0.6 is 23.1 Å². The van der Waals surface area contributed by atoms with Gasteiger partial charge >= 0.3 is 6.03 Å². The highest BCUT2D eigenvalue weighted by molar-refractivity contribution is 7.99. The molecule has 0 saturated carbocycles. The minimum Gasteiger partial charge on any atom is -0.333 e. The number of amides is 3. The molecule has 12 heteroatoms. The molecule has 1 aliphatic heterocycles. The van der Waals surface area contributed by atoms with Crippen LogP contribution in [-0.4, -0.2) is 52.4 Å². The molecule has 1 unspecified atom stereocenters. The molecule has 2 aromatic heterocycles. The number of hydrogen-bond donors (Lipinski definition) is 2. The molecular weight excluding hydrogens is 434 g/mol. The van der Waals surface area contributed by atoms with E-state index in [4.69, 9.17) is 0 Å². The number of thioether (sulfide) groups is 1. The Bertz CT molecular complexity index is 985. The maximum Gasteiger partial charge on any atom is 0.321 e. The Hall–Kier alpha value is -2.18. The molecule has 0 radical (unpaired) electrons. The Morgan fingerprint density at radius 1 is 1.41 bits per heavy atom. The third kappa shape index (κ3) is 5.90. The van der Waals surface area contributed by atoms with Crippen LogP contribution in [0.3, 0.4) is 0 Å². The van der Waals surface area contributed by atoms with Crippen LogP contribution in [-0.2, 0) is 27.7 Å². The normalized spacial score (nSPS) is 17.7. The van der Waals surface area contributed by atoms with Gasteiger partial charge in [0.25, 0.3) is 0 Å². The quantitative estimate of drug-likeness (QED) is 0.457. The van der Waals surface area contributed by atoms with Gasteiger partial charge in [-0.1, -0.05) is 23.9 Å². The molecule has 0 aromatic carbocycles. The van der Waals surface area contributed by atoms with Gasteiger partial charge in [-0.25, -0.2) is 13.2 Å². The summed E-state index contributed by atoms with van der Waals surface area (Å²) in [6.45, 7) is 4.47. The highest BCUT2D eigenvalue weighted by Crippen LogP contribution is 2.30. The molecule has 156 valence electrons. The molecule has 1 aliphatic rings. The van der Waals surface area contributed by atoms with Gasteiger partial charge in [0.15, 0.2) is 15.0 Å². The largest absolute Gasteiger partial charge is 0.333 e. The summed E-state index contributed by atoms with van der Waals surface area (Å²) in [7, 11) is -3.05. The van der Waals surface area contributed by atoms with Crippen LogP contribution in [0.25, 0.3) is 0 Å². The molecule has 0 aliphatic carbocycles. The van der Waals surface area contributed by atoms with Crippen molar-refractivity contribution < 1.29 is 18.0 Å². The molecule has 3 amide bonds. The zero-order chi connectivity index (χ0) is 20.9. The fourth-order valence-corrected chi connectivity index (χ4v) is 6.06. The van der Waals surface area contributed by atoms with Gasteiger partial charge in [-0.3, -0.25) is 10.1 Å². The Labute approximate surface area is 176 Å². The summed E-state index contributed by atoms with van der Waals surface area (Å²) in [5, 5.41) is 15.5. The third-order valence-electron chi connectivity index (χ3n) is 4.24. The third-order valence-corrected chi connectivity index (χ3v) is 7.85. The van der Waals surface area contributed by atoms with Crippen molar-refractivity contribution >= 4 is 44.9 Å². The number of rotatable bonds is 8. The summed E-state index contributed by atoms with van der Waals surface area (Å²) in [5.74, 6) is 0.0881. The summed E-state index contributed by atoms with van der Waals surface area (Å²) in [5.41, 5.74) is 0. The average Bonchev–Trinajstić information content (AvgIpc) is 3.39. The average molecular weight is 456 g/mol. The lowest BCUT2D eigenvalue weighted by molar-refractivity contribution is -0.117. The van der Waals surface area contributed by atoms with E-state index in [1.165, 1.54) is 11.3 Å². The minimum absolute atomic E-state index is 0.0232. The van der Waals surface area contributed by atoms with E-state index in [-0.39, 0.29) is 23.2 Å². The van der Waals surface area contributed by atoms with Crippen molar-refractivity contribution in [2.45, 2.75) is 30.6 Å². The van der Waals surface area contributed by atoms with Crippen LogP contribution < -0.4 is 10.6 Å². The first kappa shape index (κ1) is 21.5. The van der Waals surface area contributed by atoms with Crippen molar-refractivity contribution in [3.63, 3.8) is 0 Å². The number of allylic oxidation sites excluding steroid dienone is 1. The van der Waals surface area contributed by atoms with E-state index in [1.807, 2.05) is 17.5 Å². The number of aromatic nitrogens is 3. The molecule has 2 aromatic rings. The van der Waals surface area contributed by atoms with E-state index in [0.717, 1.165) is 16.6 Å². The maximum atomic E-state index is 12.1. The lowest BCUT2D eigenvalue weighted by Crippen LogP contribution is -2.39. The number of carbonyl (C=O) groups excluding carboxylic acids is 2. The van der Waals surface area contributed by atoms with Crippen molar-refractivity contribution in [1.82, 2.24) is 25.4 Å². The molecule has 9 nitrogen and oxygen atoms in total. The second-order valence-electron chi connectivity index (χ2n) is 6.44. The van der Waals surface area contributed by atoms with E-state index in [1.54, 1.807) is 10.6 Å². The Balaban J connectivity index is 1.55. The topological polar surface area (TPSA) is 123 Å². The van der Waals surface area contributed by atoms with E-state index in [0.29, 0.717) is 30.5 Å². The molecular formula is C17H21N5O4S3. The molecule has 1 saturated heterocycles. The van der Waals surface area contributed by atoms with Gasteiger partial charge in [0.2, 0.25) is 5.91 Å². The van der Waals surface area contributed by atoms with Gasteiger partial charge in [0.05, 0.1) is 23.8 Å². The zero-order valence-corrected chi connectivity index (χ0v) is 18.0. The number of nitrogens with one attached hydrogen (secondary N) is 2. The maximum absolute atomic E-state index is 12.1. The van der Waals surface area contributed by atoms with Crippen molar-refractivity contribution in [2.75, 3.05) is 17.3 Å². The second kappa shape index (κ2) is 9.55. The summed E-state index contributed by atoms with van der Waals surface area (Å²) in [4.78, 5) is 24.9. The SMILES string of the molecule is C=CCn1c(SCC(=O)NC(=O)NCc2cccs2)nnc1C1CCS(=O)(=O)C1. The van der Waals surface area contributed by atoms with Gasteiger partial charge in [-0.15, -0.1) is 28.1 Å². The number of nitrogens with zero attached hydrogens (tertiary/aromatic N) is 3. The van der Waals surface area contributed by atoms with E-state index < -0.39 is 21.8 Å². The molecule has 3 rings (SSSR count). The first-order valence-corrected chi connectivity index (χ1v) is 12.5. The highest BCUT2D eigenvalue weighted by atomic mass is 32.2. The van der Waals surface area contributed by atoms with Crippen LogP contribution in [0.4, 0.5) is 4.79 Å². The van der Waals surface area contributed by atoms with Crippen LogP contribution in [0.2, 0.25) is 0 Å². The standard InChI is InChI=1S/C17H21N5O4S3/c1-2-6-22-15(12-5-8-29(25,26)11-12)20-21-17(22)28-10-14(23)19-16(24)18-9-13-4-3-7-27-13/h2-4,7,12H,1,5-6,8-11H2,(H2,18,19,23,24). The van der Waals surface area contributed by atoms with E-state index in [9.17, 15) is 18.0 Å². The van der Waals surface area contributed by atoms with Crippen LogP contribution in [0.15, 0.2) is 35.3 Å². The Morgan fingerprint density at radius 3 is 2.90 bits per heavy atom. The number of thiophene rings is 1. The van der Waals surface area contributed by atoms with Gasteiger partial charge in [-0.2, -0.15) is 0 Å². The lowest BCUT2D eigenvalue weighted by Gasteiger charge is -2.11. The Morgan fingerprint density at radius 2 is 2.24 bits per heavy atom.